The first-order chi connectivity index (χ1) is 21.0. The minimum Gasteiger partial charge on any atom is -0.493 e. The maximum Gasteiger partial charge on any atom is 0.419 e. The number of halogens is 5. The zero-order valence-electron chi connectivity index (χ0n) is 23.2. The molecule has 0 bridgehead atoms. The molecule has 6 rings (SSSR count). The fourth-order valence-corrected chi connectivity index (χ4v) is 5.36. The first-order valence-corrected chi connectivity index (χ1v) is 13.5. The fraction of sp³-hybridized carbons (Fsp3) is 0.194. The van der Waals surface area contributed by atoms with Crippen LogP contribution < -0.4 is 21.3 Å². The number of benzene rings is 3. The van der Waals surface area contributed by atoms with E-state index in [1.807, 2.05) is 0 Å². The molecule has 0 spiro atoms. The highest BCUT2D eigenvalue weighted by Gasteiger charge is 2.40. The average molecular weight is 610 g/mol. The monoisotopic (exact) mass is 609 g/mol. The van der Waals surface area contributed by atoms with Gasteiger partial charge in [0.2, 0.25) is 5.43 Å². The molecule has 2 unspecified atom stereocenters. The van der Waals surface area contributed by atoms with E-state index in [2.05, 4.69) is 15.4 Å². The van der Waals surface area contributed by atoms with E-state index in [1.54, 1.807) is 13.8 Å². The van der Waals surface area contributed by atoms with Gasteiger partial charge in [0.1, 0.15) is 52.7 Å². The summed E-state index contributed by atoms with van der Waals surface area (Å²) in [6, 6.07) is 11.8. The highest BCUT2D eigenvalue weighted by atomic mass is 19.4. The van der Waals surface area contributed by atoms with Crippen LogP contribution in [0.25, 0.3) is 27.8 Å². The summed E-state index contributed by atoms with van der Waals surface area (Å²) in [6.45, 7) is 3.25. The molecule has 0 saturated heterocycles. The van der Waals surface area contributed by atoms with Gasteiger partial charge < -0.3 is 14.9 Å². The summed E-state index contributed by atoms with van der Waals surface area (Å²) in [7, 11) is 0. The Kier molecular flexibility index (Phi) is 7.20. The molecule has 1 aromatic heterocycles. The molecular formula is C31H24F5N5O3. The number of nitrogens with zero attached hydrogens (tertiary/aromatic N) is 3. The van der Waals surface area contributed by atoms with Gasteiger partial charge in [-0.1, -0.05) is 18.2 Å². The lowest BCUT2D eigenvalue weighted by Gasteiger charge is -2.29. The van der Waals surface area contributed by atoms with Crippen molar-refractivity contribution in [2.24, 2.45) is 15.7 Å². The Morgan fingerprint density at radius 1 is 1.09 bits per heavy atom. The van der Waals surface area contributed by atoms with Gasteiger partial charge in [-0.05, 0) is 61.9 Å². The maximum absolute atomic E-state index is 14.9. The zero-order chi connectivity index (χ0) is 31.3. The van der Waals surface area contributed by atoms with Crippen LogP contribution >= 0.6 is 0 Å². The van der Waals surface area contributed by atoms with Crippen molar-refractivity contribution in [3.8, 4) is 16.9 Å². The number of hydrazine groups is 1. The first-order valence-electron chi connectivity index (χ1n) is 13.5. The summed E-state index contributed by atoms with van der Waals surface area (Å²) >= 11 is 0. The van der Waals surface area contributed by atoms with Crippen LogP contribution in [-0.4, -0.2) is 30.0 Å². The van der Waals surface area contributed by atoms with Crippen LogP contribution in [0.15, 0.2) is 85.4 Å². The maximum atomic E-state index is 14.9. The van der Waals surface area contributed by atoms with Crippen LogP contribution in [0.4, 0.5) is 22.0 Å². The van der Waals surface area contributed by atoms with Gasteiger partial charge >= 0.3 is 6.18 Å². The molecule has 0 aliphatic carbocycles. The highest BCUT2D eigenvalue weighted by molar-refractivity contribution is 6.12. The molecular weight excluding hydrogens is 585 g/mol. The van der Waals surface area contributed by atoms with Gasteiger partial charge in [0, 0.05) is 5.56 Å². The molecule has 4 aromatic rings. The molecule has 226 valence electrons. The van der Waals surface area contributed by atoms with Crippen LogP contribution in [0, 0.1) is 11.6 Å². The smallest absolute Gasteiger partial charge is 0.419 e. The SMILES string of the molecule is CCOc1ccc(C2=C3C(=NC=NC3N)N(C(C)c3oc4cccc(F)c4c(=O)c3-c3cccc(F)c3)N2)cc1C(F)(F)F. The summed E-state index contributed by atoms with van der Waals surface area (Å²) in [4.78, 5) is 22.2. The number of hydrogen-bond donors (Lipinski definition) is 2. The topological polar surface area (TPSA) is 105 Å². The van der Waals surface area contributed by atoms with E-state index >= 15 is 0 Å². The number of aliphatic imine (C=N–C) groups is 2. The largest absolute Gasteiger partial charge is 0.493 e. The fourth-order valence-electron chi connectivity index (χ4n) is 5.36. The molecule has 0 fully saturated rings. The van der Waals surface area contributed by atoms with Crippen LogP contribution in [0.5, 0.6) is 5.75 Å². The van der Waals surface area contributed by atoms with Crippen molar-refractivity contribution in [2.45, 2.75) is 32.2 Å². The predicted molar refractivity (Wildman–Crippen MR) is 155 cm³/mol. The second-order valence-electron chi connectivity index (χ2n) is 10.0. The molecule has 0 saturated carbocycles. The standard InChI is InChI=1S/C31H24F5N5O3/c1-3-43-21-11-10-17(13-19(21)31(34,35)36)26-25-29(37)38-14-39-30(25)41(40-26)15(2)28-23(16-6-4-7-18(32)12-16)27(42)24-20(33)8-5-9-22(24)44-28/h4-15,29,40H,3,37H2,1-2H3. The van der Waals surface area contributed by atoms with Crippen molar-refractivity contribution in [2.75, 3.05) is 6.61 Å². The third-order valence-electron chi connectivity index (χ3n) is 7.32. The van der Waals surface area contributed by atoms with Crippen molar-refractivity contribution >= 4 is 28.8 Å². The molecule has 0 radical (unpaired) electrons. The minimum absolute atomic E-state index is 0.0215. The van der Waals surface area contributed by atoms with Gasteiger partial charge in [0.05, 0.1) is 29.0 Å². The molecule has 3 aromatic carbocycles. The van der Waals surface area contributed by atoms with E-state index < -0.39 is 41.0 Å². The molecule has 3 N–H and O–H groups in total. The summed E-state index contributed by atoms with van der Waals surface area (Å²) in [5.74, 6) is -1.54. The molecule has 2 aliphatic rings. The third kappa shape index (κ3) is 4.88. The molecule has 3 heterocycles. The Morgan fingerprint density at radius 3 is 2.59 bits per heavy atom. The molecule has 44 heavy (non-hydrogen) atoms. The Morgan fingerprint density at radius 2 is 1.86 bits per heavy atom. The lowest BCUT2D eigenvalue weighted by Crippen LogP contribution is -2.41. The Balaban J connectivity index is 1.51. The number of rotatable bonds is 6. The first kappa shape index (κ1) is 29.1. The molecule has 2 atom stereocenters. The lowest BCUT2D eigenvalue weighted by molar-refractivity contribution is -0.138. The number of amidine groups is 1. The van der Waals surface area contributed by atoms with Crippen molar-refractivity contribution in [1.82, 2.24) is 10.4 Å². The zero-order valence-corrected chi connectivity index (χ0v) is 23.2. The van der Waals surface area contributed by atoms with Crippen LogP contribution in [0.2, 0.25) is 0 Å². The van der Waals surface area contributed by atoms with E-state index in [0.717, 1.165) is 18.2 Å². The van der Waals surface area contributed by atoms with Crippen LogP contribution in [-0.2, 0) is 6.18 Å². The number of nitrogens with two attached hydrogens (primary N) is 1. The second kappa shape index (κ2) is 10.9. The number of alkyl halides is 3. The number of nitrogens with one attached hydrogen (secondary N) is 1. The van der Waals surface area contributed by atoms with Gasteiger partial charge in [-0.15, -0.1) is 0 Å². The lowest BCUT2D eigenvalue weighted by atomic mass is 9.98. The number of hydrogen-bond acceptors (Lipinski definition) is 8. The molecule has 8 nitrogen and oxygen atoms in total. The normalized spacial score (nSPS) is 17.0. The highest BCUT2D eigenvalue weighted by Crippen LogP contribution is 2.41. The van der Waals surface area contributed by atoms with Crippen LogP contribution in [0.3, 0.4) is 0 Å². The average Bonchev–Trinajstić information content (AvgIpc) is 3.37. The van der Waals surface area contributed by atoms with E-state index in [4.69, 9.17) is 14.9 Å². The summed E-state index contributed by atoms with van der Waals surface area (Å²) < 4.78 is 82.6. The van der Waals surface area contributed by atoms with Gasteiger partial charge in [-0.2, -0.15) is 13.2 Å². The van der Waals surface area contributed by atoms with Crippen molar-refractivity contribution in [1.29, 1.82) is 0 Å². The summed E-state index contributed by atoms with van der Waals surface area (Å²) in [5, 5.41) is 1.15. The Labute approximate surface area is 246 Å². The van der Waals surface area contributed by atoms with E-state index in [-0.39, 0.29) is 62.9 Å². The van der Waals surface area contributed by atoms with Gasteiger partial charge in [-0.25, -0.2) is 18.8 Å². The summed E-state index contributed by atoms with van der Waals surface area (Å²) in [5.41, 5.74) is 8.27. The Bertz CT molecular complexity index is 1950. The predicted octanol–water partition coefficient (Wildman–Crippen LogP) is 6.17. The quantitative estimate of drug-likeness (QED) is 0.253. The van der Waals surface area contributed by atoms with E-state index in [9.17, 15) is 26.7 Å². The Hall–Kier alpha value is -5.04. The van der Waals surface area contributed by atoms with E-state index in [1.165, 1.54) is 53.8 Å². The van der Waals surface area contributed by atoms with Crippen molar-refractivity contribution < 1.29 is 31.1 Å². The van der Waals surface area contributed by atoms with E-state index in [0.29, 0.717) is 0 Å². The summed E-state index contributed by atoms with van der Waals surface area (Å²) in [6.07, 6.45) is -4.50. The van der Waals surface area contributed by atoms with Gasteiger partial charge in [0.25, 0.3) is 0 Å². The number of fused-ring (bicyclic) bond motifs is 2. The third-order valence-corrected chi connectivity index (χ3v) is 7.32. The van der Waals surface area contributed by atoms with Crippen LogP contribution in [0.1, 0.15) is 36.8 Å². The number of ether oxygens (including phenoxy) is 1. The second-order valence-corrected chi connectivity index (χ2v) is 10.0. The molecule has 13 heteroatoms. The van der Waals surface area contributed by atoms with Crippen molar-refractivity contribution in [3.05, 3.63) is 105 Å². The molecule has 0 amide bonds. The minimum atomic E-state index is -4.72. The van der Waals surface area contributed by atoms with Gasteiger partial charge in [0.15, 0.2) is 5.84 Å². The molecule has 2 aliphatic heterocycles. The van der Waals surface area contributed by atoms with Crippen molar-refractivity contribution in [3.63, 3.8) is 0 Å². The van der Waals surface area contributed by atoms with Gasteiger partial charge in [-0.3, -0.25) is 15.2 Å².